The number of hydrogen-bond donors (Lipinski definition) is 1. The van der Waals surface area contributed by atoms with Gasteiger partial charge in [-0.2, -0.15) is 0 Å². The third-order valence-corrected chi connectivity index (χ3v) is 6.97. The third kappa shape index (κ3) is 6.31. The van der Waals surface area contributed by atoms with Crippen LogP contribution in [0.4, 0.5) is 0 Å². The standard InChI is InChI=1S/C25H36N2O3/c28-24(26-18-22-5-6-22)8-7-19-1-3-20(4-2-19)17-21-9-13-27(14-10-21)25(29)23-11-15-30-16-12-23/h1-4,21-23H,5-18H2,(H,26,28). The summed E-state index contributed by atoms with van der Waals surface area (Å²) in [6.07, 6.45) is 8.97. The lowest BCUT2D eigenvalue weighted by molar-refractivity contribution is -0.140. The van der Waals surface area contributed by atoms with Gasteiger partial charge in [0.05, 0.1) is 0 Å². The van der Waals surface area contributed by atoms with E-state index in [-0.39, 0.29) is 11.8 Å². The summed E-state index contributed by atoms with van der Waals surface area (Å²) in [6.45, 7) is 4.11. The zero-order valence-electron chi connectivity index (χ0n) is 18.1. The zero-order chi connectivity index (χ0) is 20.8. The fourth-order valence-corrected chi connectivity index (χ4v) is 4.66. The summed E-state index contributed by atoms with van der Waals surface area (Å²) in [6, 6.07) is 8.79. The van der Waals surface area contributed by atoms with Gasteiger partial charge in [-0.1, -0.05) is 24.3 Å². The molecule has 2 amide bonds. The van der Waals surface area contributed by atoms with Crippen LogP contribution in [0.3, 0.4) is 0 Å². The van der Waals surface area contributed by atoms with E-state index < -0.39 is 0 Å². The van der Waals surface area contributed by atoms with Crippen LogP contribution in [0.1, 0.15) is 56.1 Å². The molecule has 30 heavy (non-hydrogen) atoms. The summed E-state index contributed by atoms with van der Waals surface area (Å²) in [5, 5.41) is 3.04. The van der Waals surface area contributed by atoms with Gasteiger partial charge >= 0.3 is 0 Å². The van der Waals surface area contributed by atoms with Gasteiger partial charge < -0.3 is 15.0 Å². The molecule has 5 heteroatoms. The molecule has 1 aliphatic carbocycles. The molecule has 1 aromatic carbocycles. The summed E-state index contributed by atoms with van der Waals surface area (Å²) in [5.41, 5.74) is 2.60. The predicted molar refractivity (Wildman–Crippen MR) is 117 cm³/mol. The first-order valence-corrected chi connectivity index (χ1v) is 11.9. The van der Waals surface area contributed by atoms with Crippen LogP contribution in [0, 0.1) is 17.8 Å². The van der Waals surface area contributed by atoms with Gasteiger partial charge in [0.2, 0.25) is 11.8 Å². The number of carbonyl (C=O) groups is 2. The number of amides is 2. The number of nitrogens with zero attached hydrogens (tertiary/aromatic N) is 1. The van der Waals surface area contributed by atoms with Gasteiger partial charge in [-0.15, -0.1) is 0 Å². The Morgan fingerprint density at radius 1 is 0.900 bits per heavy atom. The molecule has 0 unspecified atom stereocenters. The lowest BCUT2D eigenvalue weighted by atomic mass is 9.88. The monoisotopic (exact) mass is 412 g/mol. The van der Waals surface area contributed by atoms with E-state index in [0.29, 0.717) is 18.2 Å². The van der Waals surface area contributed by atoms with Crippen molar-refractivity contribution in [3.05, 3.63) is 35.4 Å². The smallest absolute Gasteiger partial charge is 0.225 e. The lowest BCUT2D eigenvalue weighted by Gasteiger charge is -2.35. The second kappa shape index (κ2) is 10.4. The molecule has 0 aromatic heterocycles. The Morgan fingerprint density at radius 2 is 1.57 bits per heavy atom. The van der Waals surface area contributed by atoms with E-state index in [1.807, 2.05) is 0 Å². The first-order chi connectivity index (χ1) is 14.7. The van der Waals surface area contributed by atoms with Crippen molar-refractivity contribution in [2.24, 2.45) is 17.8 Å². The Morgan fingerprint density at radius 3 is 2.23 bits per heavy atom. The number of nitrogens with one attached hydrogen (secondary N) is 1. The van der Waals surface area contributed by atoms with E-state index in [4.69, 9.17) is 4.74 Å². The molecular formula is C25H36N2O3. The molecule has 3 fully saturated rings. The van der Waals surface area contributed by atoms with Crippen molar-refractivity contribution in [1.29, 1.82) is 0 Å². The molecule has 0 bridgehead atoms. The largest absolute Gasteiger partial charge is 0.381 e. The van der Waals surface area contributed by atoms with Gasteiger partial charge in [0, 0.05) is 45.2 Å². The van der Waals surface area contributed by atoms with Crippen LogP contribution in [0.5, 0.6) is 0 Å². The first kappa shape index (κ1) is 21.4. The second-order valence-electron chi connectivity index (χ2n) is 9.42. The molecule has 0 spiro atoms. The number of hydrogen-bond acceptors (Lipinski definition) is 3. The number of benzene rings is 1. The highest BCUT2D eigenvalue weighted by molar-refractivity contribution is 5.79. The molecule has 2 saturated heterocycles. The molecule has 1 N–H and O–H groups in total. The average Bonchev–Trinajstić information content (AvgIpc) is 3.62. The highest BCUT2D eigenvalue weighted by Gasteiger charge is 2.29. The fourth-order valence-electron chi connectivity index (χ4n) is 4.66. The Hall–Kier alpha value is -1.88. The number of rotatable bonds is 8. The Labute approximate surface area is 180 Å². The van der Waals surface area contributed by atoms with Gasteiger partial charge in [0.25, 0.3) is 0 Å². The van der Waals surface area contributed by atoms with Crippen molar-refractivity contribution in [3.8, 4) is 0 Å². The number of ether oxygens (including phenoxy) is 1. The lowest BCUT2D eigenvalue weighted by Crippen LogP contribution is -2.43. The Kier molecular flexibility index (Phi) is 7.42. The van der Waals surface area contributed by atoms with Crippen molar-refractivity contribution in [2.45, 2.75) is 57.8 Å². The van der Waals surface area contributed by atoms with Crippen LogP contribution >= 0.6 is 0 Å². The molecule has 1 aromatic rings. The van der Waals surface area contributed by atoms with E-state index in [0.717, 1.165) is 77.3 Å². The minimum absolute atomic E-state index is 0.174. The molecule has 5 nitrogen and oxygen atoms in total. The molecule has 4 rings (SSSR count). The Bertz CT molecular complexity index is 700. The molecule has 3 aliphatic rings. The molecular weight excluding hydrogens is 376 g/mol. The normalized spacial score (nSPS) is 20.9. The first-order valence-electron chi connectivity index (χ1n) is 11.9. The average molecular weight is 413 g/mol. The van der Waals surface area contributed by atoms with Gasteiger partial charge in [-0.25, -0.2) is 0 Å². The minimum atomic E-state index is 0.174. The topological polar surface area (TPSA) is 58.6 Å². The van der Waals surface area contributed by atoms with Crippen LogP contribution < -0.4 is 5.32 Å². The number of piperidine rings is 1. The summed E-state index contributed by atoms with van der Waals surface area (Å²) >= 11 is 0. The van der Waals surface area contributed by atoms with Crippen molar-refractivity contribution in [2.75, 3.05) is 32.8 Å². The maximum atomic E-state index is 12.7. The quantitative estimate of drug-likeness (QED) is 0.712. The van der Waals surface area contributed by atoms with Crippen molar-refractivity contribution < 1.29 is 14.3 Å². The summed E-state index contributed by atoms with van der Waals surface area (Å²) in [4.78, 5) is 26.7. The van der Waals surface area contributed by atoms with Crippen LogP contribution in [0.15, 0.2) is 24.3 Å². The van der Waals surface area contributed by atoms with Crippen LogP contribution in [-0.4, -0.2) is 49.6 Å². The van der Waals surface area contributed by atoms with Crippen molar-refractivity contribution in [3.63, 3.8) is 0 Å². The molecule has 164 valence electrons. The second-order valence-corrected chi connectivity index (χ2v) is 9.42. The maximum absolute atomic E-state index is 12.7. The van der Waals surface area contributed by atoms with E-state index in [1.165, 1.54) is 24.0 Å². The van der Waals surface area contributed by atoms with Crippen LogP contribution in [-0.2, 0) is 27.2 Å². The highest BCUT2D eigenvalue weighted by Crippen LogP contribution is 2.27. The Balaban J connectivity index is 1.16. The van der Waals surface area contributed by atoms with E-state index >= 15 is 0 Å². The number of likely N-dealkylation sites (tertiary alicyclic amines) is 1. The minimum Gasteiger partial charge on any atom is -0.381 e. The molecule has 1 saturated carbocycles. The molecule has 0 radical (unpaired) electrons. The van der Waals surface area contributed by atoms with Crippen molar-refractivity contribution in [1.82, 2.24) is 10.2 Å². The summed E-state index contributed by atoms with van der Waals surface area (Å²) < 4.78 is 5.39. The molecule has 2 aliphatic heterocycles. The number of aryl methyl sites for hydroxylation is 1. The van der Waals surface area contributed by atoms with Crippen LogP contribution in [0.25, 0.3) is 0 Å². The van der Waals surface area contributed by atoms with Gasteiger partial charge in [-0.05, 0) is 74.3 Å². The maximum Gasteiger partial charge on any atom is 0.225 e. The zero-order valence-corrected chi connectivity index (χ0v) is 18.1. The molecule has 2 heterocycles. The van der Waals surface area contributed by atoms with Gasteiger partial charge in [0.1, 0.15) is 0 Å². The highest BCUT2D eigenvalue weighted by atomic mass is 16.5. The summed E-state index contributed by atoms with van der Waals surface area (Å²) in [7, 11) is 0. The number of carbonyl (C=O) groups excluding carboxylic acids is 2. The van der Waals surface area contributed by atoms with E-state index in [1.54, 1.807) is 0 Å². The SMILES string of the molecule is O=C(CCc1ccc(CC2CCN(C(=O)C3CCOCC3)CC2)cc1)NCC1CC1. The van der Waals surface area contributed by atoms with Crippen LogP contribution in [0.2, 0.25) is 0 Å². The summed E-state index contributed by atoms with van der Waals surface area (Å²) in [5.74, 6) is 2.09. The van der Waals surface area contributed by atoms with E-state index in [9.17, 15) is 9.59 Å². The predicted octanol–water partition coefficient (Wildman–Crippen LogP) is 3.35. The molecule has 0 atom stereocenters. The fraction of sp³-hybridized carbons (Fsp3) is 0.680. The van der Waals surface area contributed by atoms with Gasteiger partial charge in [0.15, 0.2) is 0 Å². The third-order valence-electron chi connectivity index (χ3n) is 6.97. The van der Waals surface area contributed by atoms with Crippen molar-refractivity contribution >= 4 is 11.8 Å². The van der Waals surface area contributed by atoms with E-state index in [2.05, 4.69) is 34.5 Å². The van der Waals surface area contributed by atoms with Gasteiger partial charge in [-0.3, -0.25) is 9.59 Å².